The molecule has 0 aromatic rings. The Kier molecular flexibility index (Phi) is 7.41. The van der Waals surface area contributed by atoms with E-state index in [9.17, 15) is 0 Å². The number of rotatable bonds is 6. The van der Waals surface area contributed by atoms with Crippen LogP contribution in [0.1, 0.15) is 33.6 Å². The van der Waals surface area contributed by atoms with Crippen molar-refractivity contribution in [1.29, 1.82) is 0 Å². The van der Waals surface area contributed by atoms with E-state index in [0.29, 0.717) is 0 Å². The van der Waals surface area contributed by atoms with Crippen LogP contribution in [0.3, 0.4) is 0 Å². The first-order chi connectivity index (χ1) is 4.85. The fourth-order valence-corrected chi connectivity index (χ4v) is 4.00. The van der Waals surface area contributed by atoms with Crippen molar-refractivity contribution in [3.05, 3.63) is 0 Å². The zero-order valence-electron chi connectivity index (χ0n) is 7.61. The van der Waals surface area contributed by atoms with Crippen LogP contribution in [-0.2, 0) is 0 Å². The van der Waals surface area contributed by atoms with Crippen molar-refractivity contribution in [2.75, 3.05) is 6.54 Å². The first kappa shape index (κ1) is 10.2. The van der Waals surface area contributed by atoms with Crippen molar-refractivity contribution in [2.45, 2.75) is 45.7 Å². The third-order valence-electron chi connectivity index (χ3n) is 1.77. The summed E-state index contributed by atoms with van der Waals surface area (Å²) in [4.78, 5) is 3.62. The lowest BCUT2D eigenvalue weighted by molar-refractivity contribution is 0.906. The summed E-state index contributed by atoms with van der Waals surface area (Å²) in [6, 6.07) is 2.95. The van der Waals surface area contributed by atoms with Gasteiger partial charge in [-0.15, -0.1) is 0 Å². The third kappa shape index (κ3) is 5.00. The van der Waals surface area contributed by atoms with Gasteiger partial charge in [0.2, 0.25) is 0 Å². The van der Waals surface area contributed by atoms with Gasteiger partial charge in [-0.05, 0) is 18.6 Å². The molecule has 10 heavy (non-hydrogen) atoms. The Labute approximate surface area is 66.9 Å². The van der Waals surface area contributed by atoms with E-state index >= 15 is 0 Å². The lowest BCUT2D eigenvalue weighted by Gasteiger charge is -2.13. The van der Waals surface area contributed by atoms with Gasteiger partial charge in [0.05, 0.1) is 0 Å². The van der Waals surface area contributed by atoms with Crippen molar-refractivity contribution in [3.8, 4) is 0 Å². The van der Waals surface area contributed by atoms with Crippen LogP contribution in [0.25, 0.3) is 0 Å². The van der Waals surface area contributed by atoms with Crippen LogP contribution >= 0.6 is 0 Å². The fraction of sp³-hybridized carbons (Fsp3) is 1.00. The van der Waals surface area contributed by atoms with Crippen molar-refractivity contribution in [2.24, 2.45) is 0 Å². The molecule has 0 saturated carbocycles. The van der Waals surface area contributed by atoms with Crippen LogP contribution in [0.5, 0.6) is 0 Å². The molecule has 0 aliphatic carbocycles. The summed E-state index contributed by atoms with van der Waals surface area (Å²) in [5.41, 5.74) is 0. The molecule has 2 heteroatoms. The molecular formula is C8H21NSi. The van der Waals surface area contributed by atoms with Crippen LogP contribution in [0.2, 0.25) is 12.1 Å². The molecule has 0 saturated heterocycles. The molecule has 0 atom stereocenters. The molecule has 0 aliphatic rings. The first-order valence-corrected chi connectivity index (χ1v) is 6.79. The SMILES string of the molecule is CCC[SiH](CCC)NCC. The Bertz CT molecular complexity index is 52.0. The molecule has 0 unspecified atom stereocenters. The molecule has 0 radical (unpaired) electrons. The number of hydrogen-bond acceptors (Lipinski definition) is 1. The van der Waals surface area contributed by atoms with E-state index in [4.69, 9.17) is 0 Å². The topological polar surface area (TPSA) is 12.0 Å². The largest absolute Gasteiger partial charge is 0.340 e. The van der Waals surface area contributed by atoms with E-state index in [2.05, 4.69) is 25.8 Å². The standard InChI is InChI=1S/C8H21NSi/c1-4-7-10(8-5-2)9-6-3/h9-10H,4-8H2,1-3H3. The van der Waals surface area contributed by atoms with Gasteiger partial charge in [-0.1, -0.05) is 33.6 Å². The van der Waals surface area contributed by atoms with E-state index < -0.39 is 8.96 Å². The van der Waals surface area contributed by atoms with E-state index in [-0.39, 0.29) is 0 Å². The minimum atomic E-state index is -0.484. The molecule has 0 aliphatic heterocycles. The summed E-state index contributed by atoms with van der Waals surface area (Å²) in [6.07, 6.45) is 2.73. The van der Waals surface area contributed by atoms with Gasteiger partial charge in [0.1, 0.15) is 8.96 Å². The highest BCUT2D eigenvalue weighted by atomic mass is 28.3. The lowest BCUT2D eigenvalue weighted by Crippen LogP contribution is -2.32. The summed E-state index contributed by atoms with van der Waals surface area (Å²) in [5.74, 6) is 0. The second-order valence-electron chi connectivity index (χ2n) is 2.83. The summed E-state index contributed by atoms with van der Waals surface area (Å²) >= 11 is 0. The highest BCUT2D eigenvalue weighted by Crippen LogP contribution is 2.01. The average Bonchev–Trinajstić information content (AvgIpc) is 1.90. The molecule has 0 aromatic carbocycles. The maximum absolute atomic E-state index is 3.62. The van der Waals surface area contributed by atoms with Crippen LogP contribution < -0.4 is 4.98 Å². The maximum Gasteiger partial charge on any atom is 0.108 e. The van der Waals surface area contributed by atoms with Gasteiger partial charge in [0.15, 0.2) is 0 Å². The van der Waals surface area contributed by atoms with Crippen molar-refractivity contribution in [1.82, 2.24) is 4.98 Å². The quantitative estimate of drug-likeness (QED) is 0.586. The second kappa shape index (κ2) is 7.29. The Morgan fingerprint density at radius 1 is 1.00 bits per heavy atom. The van der Waals surface area contributed by atoms with E-state index in [1.54, 1.807) is 0 Å². The summed E-state index contributed by atoms with van der Waals surface area (Å²) < 4.78 is 0. The van der Waals surface area contributed by atoms with Gasteiger partial charge >= 0.3 is 0 Å². The highest BCUT2D eigenvalue weighted by Gasteiger charge is 2.05. The van der Waals surface area contributed by atoms with Gasteiger partial charge in [-0.25, -0.2) is 0 Å². The van der Waals surface area contributed by atoms with E-state index in [0.717, 1.165) is 0 Å². The fourth-order valence-electron chi connectivity index (χ4n) is 1.33. The monoisotopic (exact) mass is 159 g/mol. The normalized spacial score (nSPS) is 10.8. The van der Waals surface area contributed by atoms with Gasteiger partial charge in [-0.3, -0.25) is 0 Å². The minimum Gasteiger partial charge on any atom is -0.340 e. The molecule has 0 heterocycles. The Morgan fingerprint density at radius 3 is 1.80 bits per heavy atom. The predicted octanol–water partition coefficient (Wildman–Crippen LogP) is 2.14. The predicted molar refractivity (Wildman–Crippen MR) is 51.0 cm³/mol. The average molecular weight is 159 g/mol. The minimum absolute atomic E-state index is 0.484. The number of hydrogen-bond donors (Lipinski definition) is 1. The number of nitrogens with one attached hydrogen (secondary N) is 1. The molecule has 1 nitrogen and oxygen atoms in total. The second-order valence-corrected chi connectivity index (χ2v) is 5.79. The lowest BCUT2D eigenvalue weighted by atomic mass is 10.6. The van der Waals surface area contributed by atoms with Gasteiger partial charge in [0.25, 0.3) is 0 Å². The molecule has 1 N–H and O–H groups in total. The zero-order chi connectivity index (χ0) is 7.82. The highest BCUT2D eigenvalue weighted by molar-refractivity contribution is 6.55. The smallest absolute Gasteiger partial charge is 0.108 e. The Hall–Kier alpha value is 0.177. The van der Waals surface area contributed by atoms with Crippen molar-refractivity contribution >= 4 is 8.96 Å². The summed E-state index contributed by atoms with van der Waals surface area (Å²) in [7, 11) is -0.484. The van der Waals surface area contributed by atoms with Crippen LogP contribution in [-0.4, -0.2) is 15.5 Å². The van der Waals surface area contributed by atoms with E-state index in [1.807, 2.05) is 0 Å². The van der Waals surface area contributed by atoms with Crippen LogP contribution in [0.4, 0.5) is 0 Å². The van der Waals surface area contributed by atoms with Crippen molar-refractivity contribution < 1.29 is 0 Å². The van der Waals surface area contributed by atoms with Gasteiger partial charge in [0, 0.05) is 0 Å². The van der Waals surface area contributed by atoms with Crippen LogP contribution in [0, 0.1) is 0 Å². The van der Waals surface area contributed by atoms with Gasteiger partial charge in [-0.2, -0.15) is 0 Å². The first-order valence-electron chi connectivity index (χ1n) is 4.58. The molecule has 0 spiro atoms. The molecule has 0 amide bonds. The third-order valence-corrected chi connectivity index (χ3v) is 5.30. The Balaban J connectivity index is 3.30. The van der Waals surface area contributed by atoms with Gasteiger partial charge < -0.3 is 4.98 Å². The molecular weight excluding hydrogens is 138 g/mol. The molecule has 0 aromatic heterocycles. The van der Waals surface area contributed by atoms with Crippen LogP contribution in [0.15, 0.2) is 0 Å². The molecule has 0 fully saturated rings. The summed E-state index contributed by atoms with van der Waals surface area (Å²) in [6.45, 7) is 7.96. The Morgan fingerprint density at radius 2 is 1.50 bits per heavy atom. The molecule has 0 rings (SSSR count). The zero-order valence-corrected chi connectivity index (χ0v) is 8.77. The molecule has 0 bridgehead atoms. The van der Waals surface area contributed by atoms with E-state index in [1.165, 1.54) is 31.5 Å². The van der Waals surface area contributed by atoms with Crippen molar-refractivity contribution in [3.63, 3.8) is 0 Å². The molecule has 62 valence electrons. The summed E-state index contributed by atoms with van der Waals surface area (Å²) in [5, 5.41) is 0. The maximum atomic E-state index is 3.62.